The molecule has 2 aromatic rings. The minimum Gasteiger partial charge on any atom is -0.508 e. The second-order valence-electron chi connectivity index (χ2n) is 7.26. The average Bonchev–Trinajstić information content (AvgIpc) is 2.58. The maximum absolute atomic E-state index is 13.4. The van der Waals surface area contributed by atoms with Gasteiger partial charge >= 0.3 is 7.60 Å². The van der Waals surface area contributed by atoms with Gasteiger partial charge < -0.3 is 19.5 Å². The van der Waals surface area contributed by atoms with E-state index in [0.29, 0.717) is 13.2 Å². The molecule has 1 aliphatic heterocycles. The van der Waals surface area contributed by atoms with Crippen molar-refractivity contribution in [2.24, 2.45) is 5.41 Å². The summed E-state index contributed by atoms with van der Waals surface area (Å²) in [4.78, 5) is 0. The monoisotopic (exact) mass is 361 g/mol. The van der Waals surface area contributed by atoms with Gasteiger partial charge in [0.2, 0.25) is 0 Å². The van der Waals surface area contributed by atoms with Crippen molar-refractivity contribution in [2.45, 2.75) is 26.6 Å². The first-order valence-corrected chi connectivity index (χ1v) is 9.90. The molecule has 1 fully saturated rings. The summed E-state index contributed by atoms with van der Waals surface area (Å²) in [7, 11) is -3.39. The van der Waals surface area contributed by atoms with Crippen molar-refractivity contribution in [3.63, 3.8) is 0 Å². The van der Waals surface area contributed by atoms with E-state index in [1.54, 1.807) is 24.3 Å². The fourth-order valence-corrected chi connectivity index (χ4v) is 4.84. The molecule has 6 heteroatoms. The molecule has 2 aromatic carbocycles. The van der Waals surface area contributed by atoms with E-state index in [-0.39, 0.29) is 11.2 Å². The fraction of sp³-hybridized carbons (Fsp3) is 0.368. The third kappa shape index (κ3) is 4.24. The van der Waals surface area contributed by atoms with Gasteiger partial charge in [-0.15, -0.1) is 0 Å². The molecule has 5 nitrogen and oxygen atoms in total. The maximum atomic E-state index is 13.4. The van der Waals surface area contributed by atoms with E-state index in [4.69, 9.17) is 9.05 Å². The molecular weight excluding hydrogens is 337 g/mol. The van der Waals surface area contributed by atoms with E-state index >= 15 is 0 Å². The molecule has 1 saturated heterocycles. The molecule has 1 atom stereocenters. The molecule has 1 unspecified atom stereocenters. The number of anilines is 1. The van der Waals surface area contributed by atoms with E-state index in [2.05, 4.69) is 5.32 Å². The topological polar surface area (TPSA) is 67.8 Å². The number of phenolic OH excluding ortho intramolecular Hbond substituents is 1. The highest BCUT2D eigenvalue weighted by molar-refractivity contribution is 7.54. The third-order valence-corrected chi connectivity index (χ3v) is 6.19. The summed E-state index contributed by atoms with van der Waals surface area (Å²) < 4.78 is 24.9. The van der Waals surface area contributed by atoms with Crippen LogP contribution in [0.2, 0.25) is 0 Å². The molecule has 0 aromatic heterocycles. The smallest absolute Gasteiger partial charge is 0.357 e. The lowest BCUT2D eigenvalue weighted by Gasteiger charge is -2.38. The lowest BCUT2D eigenvalue weighted by Crippen LogP contribution is -2.31. The normalized spacial score (nSPS) is 20.0. The number of aromatic hydroxyl groups is 1. The van der Waals surface area contributed by atoms with Crippen molar-refractivity contribution in [3.05, 3.63) is 59.7 Å². The van der Waals surface area contributed by atoms with Crippen molar-refractivity contribution in [1.82, 2.24) is 0 Å². The highest BCUT2D eigenvalue weighted by atomic mass is 31.2. The molecule has 0 spiro atoms. The van der Waals surface area contributed by atoms with Crippen molar-refractivity contribution >= 4 is 13.3 Å². The highest BCUT2D eigenvalue weighted by Gasteiger charge is 2.43. The molecular formula is C19H24NO4P. The standard InChI is InChI=1S/C19H24NO4P/c1-14-4-6-15(7-5-14)18(20-16-8-10-17(21)11-9-16)25(22)23-12-19(2,3)13-24-25/h4-11,18,20-21H,12-13H2,1-3H3. The van der Waals surface area contributed by atoms with Gasteiger partial charge in [-0.25, -0.2) is 0 Å². The SMILES string of the molecule is Cc1ccc(C(Nc2ccc(O)cc2)P2(=O)OCC(C)(C)CO2)cc1. The molecule has 0 amide bonds. The minimum absolute atomic E-state index is 0.162. The van der Waals surface area contributed by atoms with Crippen LogP contribution in [0.25, 0.3) is 0 Å². The van der Waals surface area contributed by atoms with Gasteiger partial charge in [-0.3, -0.25) is 4.57 Å². The van der Waals surface area contributed by atoms with Gasteiger partial charge in [0.25, 0.3) is 0 Å². The van der Waals surface area contributed by atoms with E-state index < -0.39 is 13.4 Å². The first-order chi connectivity index (χ1) is 11.8. The Labute approximate surface area is 148 Å². The van der Waals surface area contributed by atoms with Gasteiger partial charge in [-0.1, -0.05) is 43.7 Å². The Bertz CT molecular complexity index is 757. The Morgan fingerprint density at radius 2 is 1.60 bits per heavy atom. The van der Waals surface area contributed by atoms with E-state index in [1.165, 1.54) is 0 Å². The Hall–Kier alpha value is -1.81. The van der Waals surface area contributed by atoms with Crippen LogP contribution >= 0.6 is 7.60 Å². The Morgan fingerprint density at radius 3 is 2.16 bits per heavy atom. The van der Waals surface area contributed by atoms with Crippen molar-refractivity contribution in [2.75, 3.05) is 18.5 Å². The quantitative estimate of drug-likeness (QED) is 0.587. The number of hydrogen-bond donors (Lipinski definition) is 2. The predicted octanol–water partition coefficient (Wildman–Crippen LogP) is 5.08. The van der Waals surface area contributed by atoms with Crippen LogP contribution < -0.4 is 5.32 Å². The summed E-state index contributed by atoms with van der Waals surface area (Å²) in [5.74, 6) is -0.440. The molecule has 2 N–H and O–H groups in total. The van der Waals surface area contributed by atoms with Crippen LogP contribution in [-0.2, 0) is 13.6 Å². The van der Waals surface area contributed by atoms with E-state index in [0.717, 1.165) is 16.8 Å². The van der Waals surface area contributed by atoms with Gasteiger partial charge in [0.1, 0.15) is 5.75 Å². The zero-order chi connectivity index (χ0) is 18.1. The average molecular weight is 361 g/mol. The minimum atomic E-state index is -3.39. The zero-order valence-electron chi connectivity index (χ0n) is 14.7. The van der Waals surface area contributed by atoms with Crippen LogP contribution in [0, 0.1) is 12.3 Å². The second kappa shape index (κ2) is 6.83. The summed E-state index contributed by atoms with van der Waals surface area (Å²) in [5, 5.41) is 12.7. The van der Waals surface area contributed by atoms with Crippen LogP contribution in [-0.4, -0.2) is 18.3 Å². The van der Waals surface area contributed by atoms with Crippen LogP contribution in [0.15, 0.2) is 48.5 Å². The zero-order valence-corrected chi connectivity index (χ0v) is 15.6. The molecule has 1 heterocycles. The van der Waals surface area contributed by atoms with Crippen molar-refractivity contribution in [3.8, 4) is 5.75 Å². The first-order valence-electron chi connectivity index (χ1n) is 8.28. The van der Waals surface area contributed by atoms with Crippen molar-refractivity contribution in [1.29, 1.82) is 0 Å². The van der Waals surface area contributed by atoms with Crippen LogP contribution in [0.5, 0.6) is 5.75 Å². The Kier molecular flexibility index (Phi) is 4.92. The van der Waals surface area contributed by atoms with E-state index in [1.807, 2.05) is 45.0 Å². The molecule has 0 radical (unpaired) electrons. The molecule has 0 aliphatic carbocycles. The molecule has 134 valence electrons. The van der Waals surface area contributed by atoms with Gasteiger partial charge in [0.05, 0.1) is 13.2 Å². The molecule has 0 saturated carbocycles. The number of hydrogen-bond acceptors (Lipinski definition) is 5. The number of phenols is 1. The van der Waals surface area contributed by atoms with Crippen LogP contribution in [0.3, 0.4) is 0 Å². The van der Waals surface area contributed by atoms with Gasteiger partial charge in [0.15, 0.2) is 5.78 Å². The summed E-state index contributed by atoms with van der Waals surface area (Å²) >= 11 is 0. The van der Waals surface area contributed by atoms with Gasteiger partial charge in [-0.05, 0) is 36.8 Å². The lowest BCUT2D eigenvalue weighted by molar-refractivity contribution is 0.0387. The number of benzene rings is 2. The summed E-state index contributed by atoms with van der Waals surface area (Å²) in [6, 6.07) is 14.4. The van der Waals surface area contributed by atoms with Gasteiger partial charge in [-0.2, -0.15) is 0 Å². The molecule has 0 bridgehead atoms. The molecule has 25 heavy (non-hydrogen) atoms. The number of nitrogens with one attached hydrogen (secondary N) is 1. The summed E-state index contributed by atoms with van der Waals surface area (Å²) in [5.41, 5.74) is 2.53. The number of aryl methyl sites for hydroxylation is 1. The third-order valence-electron chi connectivity index (χ3n) is 4.15. The predicted molar refractivity (Wildman–Crippen MR) is 98.9 cm³/mol. The number of rotatable bonds is 4. The van der Waals surface area contributed by atoms with Crippen LogP contribution in [0.4, 0.5) is 5.69 Å². The summed E-state index contributed by atoms with van der Waals surface area (Å²) in [6.07, 6.45) is 0. The largest absolute Gasteiger partial charge is 0.508 e. The maximum Gasteiger partial charge on any atom is 0.357 e. The highest BCUT2D eigenvalue weighted by Crippen LogP contribution is 2.63. The lowest BCUT2D eigenvalue weighted by atomic mass is 9.97. The van der Waals surface area contributed by atoms with Crippen molar-refractivity contribution < 1.29 is 18.7 Å². The molecule has 1 aliphatic rings. The Morgan fingerprint density at radius 1 is 1.04 bits per heavy atom. The van der Waals surface area contributed by atoms with E-state index in [9.17, 15) is 9.67 Å². The first kappa shape index (κ1) is 18.0. The van der Waals surface area contributed by atoms with Crippen LogP contribution in [0.1, 0.15) is 30.8 Å². The summed E-state index contributed by atoms with van der Waals surface area (Å²) in [6.45, 7) is 6.80. The fourth-order valence-electron chi connectivity index (χ4n) is 2.57. The Balaban J connectivity index is 1.92. The molecule has 3 rings (SSSR count). The van der Waals surface area contributed by atoms with Gasteiger partial charge in [0, 0.05) is 11.1 Å². The second-order valence-corrected chi connectivity index (χ2v) is 9.37.